The molecule has 0 aliphatic heterocycles. The minimum absolute atomic E-state index is 1.13. The largest absolute Gasteiger partial charge is 0.357 e. The molecular formula is C18H19NS. The summed E-state index contributed by atoms with van der Waals surface area (Å²) in [7, 11) is 0. The van der Waals surface area contributed by atoms with Crippen molar-refractivity contribution in [1.82, 2.24) is 4.98 Å². The van der Waals surface area contributed by atoms with E-state index < -0.39 is 0 Å². The molecule has 20 heavy (non-hydrogen) atoms. The maximum absolute atomic E-state index is 3.60. The molecule has 0 atom stereocenters. The van der Waals surface area contributed by atoms with Gasteiger partial charge in [-0.25, -0.2) is 0 Å². The fraction of sp³-hybridized carbons (Fsp3) is 0.222. The van der Waals surface area contributed by atoms with Crippen molar-refractivity contribution >= 4 is 22.7 Å². The molecule has 102 valence electrons. The maximum atomic E-state index is 3.60. The molecule has 1 aromatic heterocycles. The number of para-hydroxylation sites is 1. The molecule has 0 radical (unpaired) electrons. The first-order valence-corrected chi connectivity index (χ1v) is 8.02. The first-order valence-electron chi connectivity index (χ1n) is 7.21. The summed E-state index contributed by atoms with van der Waals surface area (Å²) in [5.74, 6) is 0. The fourth-order valence-electron chi connectivity index (χ4n) is 2.42. The summed E-state index contributed by atoms with van der Waals surface area (Å²) in [6.45, 7) is 2.24. The van der Waals surface area contributed by atoms with E-state index in [1.54, 1.807) is 0 Å². The van der Waals surface area contributed by atoms with E-state index in [4.69, 9.17) is 0 Å². The number of hydrogen-bond donors (Lipinski definition) is 1. The lowest BCUT2D eigenvalue weighted by atomic mass is 10.2. The van der Waals surface area contributed by atoms with E-state index in [0.29, 0.717) is 0 Å². The SMILES string of the molecule is CCCCc1[nH]c2ccccc2c1Sc1ccccc1. The van der Waals surface area contributed by atoms with Crippen molar-refractivity contribution in [2.24, 2.45) is 0 Å². The van der Waals surface area contributed by atoms with Gasteiger partial charge in [0.1, 0.15) is 0 Å². The highest BCUT2D eigenvalue weighted by atomic mass is 32.2. The second kappa shape index (κ2) is 6.19. The molecule has 3 rings (SSSR count). The Kier molecular flexibility index (Phi) is 4.12. The van der Waals surface area contributed by atoms with E-state index in [2.05, 4.69) is 66.5 Å². The van der Waals surface area contributed by atoms with E-state index in [0.717, 1.165) is 6.42 Å². The highest BCUT2D eigenvalue weighted by Gasteiger charge is 2.11. The zero-order valence-electron chi connectivity index (χ0n) is 11.7. The average molecular weight is 281 g/mol. The zero-order chi connectivity index (χ0) is 13.8. The summed E-state index contributed by atoms with van der Waals surface area (Å²) in [5.41, 5.74) is 2.62. The van der Waals surface area contributed by atoms with Crippen molar-refractivity contribution in [3.8, 4) is 0 Å². The van der Waals surface area contributed by atoms with Crippen LogP contribution < -0.4 is 0 Å². The topological polar surface area (TPSA) is 15.8 Å². The third-order valence-corrected chi connectivity index (χ3v) is 4.65. The third kappa shape index (κ3) is 2.75. The van der Waals surface area contributed by atoms with Crippen molar-refractivity contribution in [3.05, 3.63) is 60.3 Å². The molecule has 2 aromatic carbocycles. The van der Waals surface area contributed by atoms with Gasteiger partial charge in [-0.05, 0) is 31.0 Å². The molecule has 1 N–H and O–H groups in total. The Morgan fingerprint density at radius 3 is 2.50 bits per heavy atom. The minimum atomic E-state index is 1.13. The van der Waals surface area contributed by atoms with Crippen molar-refractivity contribution < 1.29 is 0 Å². The van der Waals surface area contributed by atoms with E-state index in [1.807, 2.05) is 11.8 Å². The smallest absolute Gasteiger partial charge is 0.0467 e. The fourth-order valence-corrected chi connectivity index (χ4v) is 3.52. The van der Waals surface area contributed by atoms with Gasteiger partial charge in [0.15, 0.2) is 0 Å². The number of fused-ring (bicyclic) bond motifs is 1. The lowest BCUT2D eigenvalue weighted by Gasteiger charge is -2.04. The lowest BCUT2D eigenvalue weighted by Crippen LogP contribution is -1.87. The maximum Gasteiger partial charge on any atom is 0.0467 e. The van der Waals surface area contributed by atoms with Crippen molar-refractivity contribution in [3.63, 3.8) is 0 Å². The van der Waals surface area contributed by atoms with E-state index in [-0.39, 0.29) is 0 Å². The van der Waals surface area contributed by atoms with Crippen LogP contribution in [0.3, 0.4) is 0 Å². The number of aromatic nitrogens is 1. The highest BCUT2D eigenvalue weighted by Crippen LogP contribution is 2.37. The molecule has 1 heterocycles. The second-order valence-corrected chi connectivity index (χ2v) is 6.08. The van der Waals surface area contributed by atoms with Crippen LogP contribution in [-0.4, -0.2) is 4.98 Å². The molecule has 1 nitrogen and oxygen atoms in total. The Bertz CT molecular complexity index is 685. The quantitative estimate of drug-likeness (QED) is 0.638. The van der Waals surface area contributed by atoms with Crippen molar-refractivity contribution in [1.29, 1.82) is 0 Å². The zero-order valence-corrected chi connectivity index (χ0v) is 12.5. The van der Waals surface area contributed by atoms with Crippen LogP contribution in [0, 0.1) is 0 Å². The van der Waals surface area contributed by atoms with Crippen LogP contribution in [0.2, 0.25) is 0 Å². The molecular weight excluding hydrogens is 262 g/mol. The Labute approximate surface area is 124 Å². The summed E-state index contributed by atoms with van der Waals surface area (Å²) in [4.78, 5) is 6.29. The summed E-state index contributed by atoms with van der Waals surface area (Å²) in [5, 5.41) is 1.34. The van der Waals surface area contributed by atoms with Gasteiger partial charge in [0.2, 0.25) is 0 Å². The van der Waals surface area contributed by atoms with Gasteiger partial charge in [-0.15, -0.1) is 0 Å². The average Bonchev–Trinajstić information content (AvgIpc) is 2.84. The van der Waals surface area contributed by atoms with Crippen LogP contribution in [0.25, 0.3) is 10.9 Å². The predicted molar refractivity (Wildman–Crippen MR) is 87.5 cm³/mol. The molecule has 0 saturated heterocycles. The first kappa shape index (κ1) is 13.3. The number of hydrogen-bond acceptors (Lipinski definition) is 1. The summed E-state index contributed by atoms with van der Waals surface area (Å²) in [6, 6.07) is 19.2. The van der Waals surface area contributed by atoms with Gasteiger partial charge in [0, 0.05) is 26.4 Å². The van der Waals surface area contributed by atoms with E-state index in [9.17, 15) is 0 Å². The Hall–Kier alpha value is -1.67. The third-order valence-electron chi connectivity index (χ3n) is 3.47. The molecule has 0 aliphatic rings. The van der Waals surface area contributed by atoms with Crippen LogP contribution in [-0.2, 0) is 6.42 Å². The second-order valence-electron chi connectivity index (χ2n) is 5.00. The number of aryl methyl sites for hydroxylation is 1. The molecule has 0 unspecified atom stereocenters. The number of nitrogens with one attached hydrogen (secondary N) is 1. The lowest BCUT2D eigenvalue weighted by molar-refractivity contribution is 0.773. The van der Waals surface area contributed by atoms with Crippen LogP contribution in [0.4, 0.5) is 0 Å². The summed E-state index contributed by atoms with van der Waals surface area (Å²) >= 11 is 1.87. The first-order chi connectivity index (χ1) is 9.88. The summed E-state index contributed by atoms with van der Waals surface area (Å²) in [6.07, 6.45) is 3.58. The van der Waals surface area contributed by atoms with Gasteiger partial charge >= 0.3 is 0 Å². The van der Waals surface area contributed by atoms with Crippen molar-refractivity contribution in [2.45, 2.75) is 36.0 Å². The molecule has 0 aliphatic carbocycles. The van der Waals surface area contributed by atoms with Crippen LogP contribution in [0.15, 0.2) is 64.4 Å². The molecule has 0 spiro atoms. The van der Waals surface area contributed by atoms with Gasteiger partial charge in [-0.1, -0.05) is 61.5 Å². The number of H-pyrrole nitrogens is 1. The number of aromatic amines is 1. The van der Waals surface area contributed by atoms with Gasteiger partial charge < -0.3 is 4.98 Å². The molecule has 2 heteroatoms. The normalized spacial score (nSPS) is 11.1. The molecule has 0 fully saturated rings. The number of unbranched alkanes of at least 4 members (excludes halogenated alkanes) is 1. The molecule has 0 amide bonds. The Morgan fingerprint density at radius 2 is 1.70 bits per heavy atom. The minimum Gasteiger partial charge on any atom is -0.357 e. The standard InChI is InChI=1S/C18H19NS/c1-2-3-12-17-18(20-14-9-5-4-6-10-14)15-11-7-8-13-16(15)19-17/h4-11,13,19H,2-3,12H2,1H3. The molecule has 3 aromatic rings. The van der Waals surface area contributed by atoms with Crippen LogP contribution >= 0.6 is 11.8 Å². The predicted octanol–water partition coefficient (Wildman–Crippen LogP) is 5.66. The van der Waals surface area contributed by atoms with Gasteiger partial charge in [0.25, 0.3) is 0 Å². The van der Waals surface area contributed by atoms with Crippen LogP contribution in [0.5, 0.6) is 0 Å². The molecule has 0 saturated carbocycles. The van der Waals surface area contributed by atoms with Gasteiger partial charge in [-0.3, -0.25) is 0 Å². The monoisotopic (exact) mass is 281 g/mol. The van der Waals surface area contributed by atoms with Crippen molar-refractivity contribution in [2.75, 3.05) is 0 Å². The highest BCUT2D eigenvalue weighted by molar-refractivity contribution is 7.99. The van der Waals surface area contributed by atoms with Crippen LogP contribution in [0.1, 0.15) is 25.5 Å². The van der Waals surface area contributed by atoms with E-state index in [1.165, 1.54) is 39.2 Å². The molecule has 0 bridgehead atoms. The van der Waals surface area contributed by atoms with Gasteiger partial charge in [0.05, 0.1) is 0 Å². The number of benzene rings is 2. The van der Waals surface area contributed by atoms with E-state index >= 15 is 0 Å². The summed E-state index contributed by atoms with van der Waals surface area (Å²) < 4.78 is 0. The number of rotatable bonds is 5. The Morgan fingerprint density at radius 1 is 0.950 bits per heavy atom. The Balaban J connectivity index is 2.01. The van der Waals surface area contributed by atoms with Gasteiger partial charge in [-0.2, -0.15) is 0 Å².